The Morgan fingerprint density at radius 3 is 3.00 bits per heavy atom. The summed E-state index contributed by atoms with van der Waals surface area (Å²) in [5.41, 5.74) is 2.09. The van der Waals surface area contributed by atoms with E-state index in [1.165, 1.54) is 12.0 Å². The molecule has 0 spiro atoms. The van der Waals surface area contributed by atoms with Crippen molar-refractivity contribution in [1.29, 1.82) is 0 Å². The van der Waals surface area contributed by atoms with E-state index in [-0.39, 0.29) is 5.82 Å². The van der Waals surface area contributed by atoms with E-state index < -0.39 is 0 Å². The Morgan fingerprint density at radius 2 is 2.25 bits per heavy atom. The summed E-state index contributed by atoms with van der Waals surface area (Å²) in [6.07, 6.45) is 3.09. The summed E-state index contributed by atoms with van der Waals surface area (Å²) >= 11 is 0. The molecular formula is C14H20FN. The zero-order valence-electron chi connectivity index (χ0n) is 10.1. The lowest BCUT2D eigenvalue weighted by Crippen LogP contribution is -2.21. The number of benzene rings is 1. The first-order valence-electron chi connectivity index (χ1n) is 6.19. The zero-order chi connectivity index (χ0) is 11.5. The number of fused-ring (bicyclic) bond motifs is 1. The van der Waals surface area contributed by atoms with Gasteiger partial charge < -0.3 is 5.32 Å². The Bertz CT molecular complexity index is 360. The van der Waals surface area contributed by atoms with E-state index in [0.717, 1.165) is 30.9 Å². The minimum absolute atomic E-state index is 0.0364. The third kappa shape index (κ3) is 2.43. The molecule has 2 heteroatoms. The normalized spacial score (nSPS) is 19.1. The first kappa shape index (κ1) is 11.6. The summed E-state index contributed by atoms with van der Waals surface area (Å²) in [5, 5.41) is 3.53. The number of rotatable bonds is 4. The van der Waals surface area contributed by atoms with Crippen LogP contribution in [0, 0.1) is 11.7 Å². The largest absolute Gasteiger partial charge is 0.310 e. The Hall–Kier alpha value is -0.890. The van der Waals surface area contributed by atoms with Crippen LogP contribution in [0.15, 0.2) is 18.2 Å². The summed E-state index contributed by atoms with van der Waals surface area (Å²) in [5.74, 6) is 0.687. The maximum Gasteiger partial charge on any atom is 0.126 e. The van der Waals surface area contributed by atoms with E-state index in [1.54, 1.807) is 6.07 Å². The van der Waals surface area contributed by atoms with Gasteiger partial charge in [0.1, 0.15) is 5.82 Å². The summed E-state index contributed by atoms with van der Waals surface area (Å²) in [6.45, 7) is 5.48. The third-order valence-electron chi connectivity index (χ3n) is 3.33. The van der Waals surface area contributed by atoms with Crippen molar-refractivity contribution in [3.8, 4) is 0 Å². The van der Waals surface area contributed by atoms with Crippen molar-refractivity contribution in [3.05, 3.63) is 35.1 Å². The molecule has 0 saturated heterocycles. The molecule has 1 nitrogen and oxygen atoms in total. The van der Waals surface area contributed by atoms with Crippen LogP contribution in [0.4, 0.5) is 4.39 Å². The van der Waals surface area contributed by atoms with E-state index in [0.29, 0.717) is 6.04 Å². The van der Waals surface area contributed by atoms with Crippen molar-refractivity contribution in [2.45, 2.75) is 39.2 Å². The molecule has 1 aliphatic rings. The monoisotopic (exact) mass is 221 g/mol. The Balaban J connectivity index is 1.98. The molecule has 0 radical (unpaired) electrons. The molecule has 1 aromatic carbocycles. The molecule has 0 bridgehead atoms. The van der Waals surface area contributed by atoms with Gasteiger partial charge in [-0.05, 0) is 48.9 Å². The van der Waals surface area contributed by atoms with Gasteiger partial charge in [0.25, 0.3) is 0 Å². The van der Waals surface area contributed by atoms with Gasteiger partial charge in [0.15, 0.2) is 0 Å². The van der Waals surface area contributed by atoms with E-state index in [9.17, 15) is 4.39 Å². The highest BCUT2D eigenvalue weighted by Crippen LogP contribution is 2.32. The molecule has 1 aromatic rings. The predicted molar refractivity (Wildman–Crippen MR) is 64.9 cm³/mol. The second-order valence-electron chi connectivity index (χ2n) is 5.04. The van der Waals surface area contributed by atoms with Crippen molar-refractivity contribution >= 4 is 0 Å². The van der Waals surface area contributed by atoms with Gasteiger partial charge in [-0.25, -0.2) is 4.39 Å². The maximum atomic E-state index is 13.5. The van der Waals surface area contributed by atoms with Gasteiger partial charge in [-0.3, -0.25) is 0 Å². The lowest BCUT2D eigenvalue weighted by Gasteiger charge is -2.15. The average Bonchev–Trinajstić information content (AvgIpc) is 2.63. The second kappa shape index (κ2) is 4.96. The van der Waals surface area contributed by atoms with Crippen LogP contribution in [0.5, 0.6) is 0 Å². The van der Waals surface area contributed by atoms with E-state index >= 15 is 0 Å². The summed E-state index contributed by atoms with van der Waals surface area (Å²) < 4.78 is 13.5. The van der Waals surface area contributed by atoms with Crippen molar-refractivity contribution in [3.63, 3.8) is 0 Å². The van der Waals surface area contributed by atoms with Gasteiger partial charge >= 0.3 is 0 Å². The fourth-order valence-electron chi connectivity index (χ4n) is 2.37. The van der Waals surface area contributed by atoms with Gasteiger partial charge in [-0.15, -0.1) is 0 Å². The van der Waals surface area contributed by atoms with Crippen LogP contribution in [0.1, 0.15) is 43.9 Å². The van der Waals surface area contributed by atoms with Crippen molar-refractivity contribution < 1.29 is 4.39 Å². The minimum Gasteiger partial charge on any atom is -0.310 e. The average molecular weight is 221 g/mol. The number of halogens is 1. The fraction of sp³-hybridized carbons (Fsp3) is 0.571. The third-order valence-corrected chi connectivity index (χ3v) is 3.33. The summed E-state index contributed by atoms with van der Waals surface area (Å²) in [7, 11) is 0. The lowest BCUT2D eigenvalue weighted by molar-refractivity contribution is 0.476. The number of hydrogen-bond donors (Lipinski definition) is 1. The molecule has 1 aliphatic carbocycles. The van der Waals surface area contributed by atoms with Gasteiger partial charge in [-0.2, -0.15) is 0 Å². The van der Waals surface area contributed by atoms with Crippen LogP contribution in [0.25, 0.3) is 0 Å². The molecule has 88 valence electrons. The van der Waals surface area contributed by atoms with Crippen molar-refractivity contribution in [1.82, 2.24) is 5.32 Å². The maximum absolute atomic E-state index is 13.5. The van der Waals surface area contributed by atoms with Crippen LogP contribution in [-0.4, -0.2) is 6.54 Å². The van der Waals surface area contributed by atoms with E-state index in [4.69, 9.17) is 0 Å². The van der Waals surface area contributed by atoms with Crippen LogP contribution >= 0.6 is 0 Å². The molecule has 0 fully saturated rings. The topological polar surface area (TPSA) is 12.0 Å². The summed E-state index contributed by atoms with van der Waals surface area (Å²) in [6, 6.07) is 5.80. The smallest absolute Gasteiger partial charge is 0.126 e. The minimum atomic E-state index is -0.0364. The molecule has 0 heterocycles. The van der Waals surface area contributed by atoms with Gasteiger partial charge in [-0.1, -0.05) is 26.0 Å². The quantitative estimate of drug-likeness (QED) is 0.821. The lowest BCUT2D eigenvalue weighted by atomic mass is 10.1. The van der Waals surface area contributed by atoms with Crippen molar-refractivity contribution in [2.75, 3.05) is 6.54 Å². The molecule has 16 heavy (non-hydrogen) atoms. The van der Waals surface area contributed by atoms with Crippen LogP contribution < -0.4 is 5.32 Å². The van der Waals surface area contributed by atoms with E-state index in [1.807, 2.05) is 6.07 Å². The Morgan fingerprint density at radius 1 is 1.44 bits per heavy atom. The molecule has 0 aliphatic heterocycles. The first-order chi connectivity index (χ1) is 7.68. The fourth-order valence-corrected chi connectivity index (χ4v) is 2.37. The van der Waals surface area contributed by atoms with Crippen LogP contribution in [0.3, 0.4) is 0 Å². The molecule has 1 N–H and O–H groups in total. The molecule has 0 aromatic heterocycles. The van der Waals surface area contributed by atoms with Crippen LogP contribution in [-0.2, 0) is 6.42 Å². The summed E-state index contributed by atoms with van der Waals surface area (Å²) in [4.78, 5) is 0. The highest BCUT2D eigenvalue weighted by atomic mass is 19.1. The highest BCUT2D eigenvalue weighted by Gasteiger charge is 2.23. The molecule has 2 rings (SSSR count). The molecular weight excluding hydrogens is 201 g/mol. The van der Waals surface area contributed by atoms with E-state index in [2.05, 4.69) is 25.2 Å². The van der Waals surface area contributed by atoms with Crippen molar-refractivity contribution in [2.24, 2.45) is 5.92 Å². The molecule has 1 atom stereocenters. The zero-order valence-corrected chi connectivity index (χ0v) is 10.1. The van der Waals surface area contributed by atoms with Gasteiger partial charge in [0, 0.05) is 6.04 Å². The second-order valence-corrected chi connectivity index (χ2v) is 5.04. The highest BCUT2D eigenvalue weighted by molar-refractivity contribution is 5.35. The first-order valence-corrected chi connectivity index (χ1v) is 6.19. The SMILES string of the molecule is CC(C)CCNC1CCc2c(F)cccc21. The molecule has 1 unspecified atom stereocenters. The van der Waals surface area contributed by atoms with Gasteiger partial charge in [0.2, 0.25) is 0 Å². The standard InChI is InChI=1S/C14H20FN/c1-10(2)8-9-16-14-7-6-11-12(14)4-3-5-13(11)15/h3-5,10,14,16H,6-9H2,1-2H3. The Kier molecular flexibility index (Phi) is 3.59. The predicted octanol–water partition coefficient (Wildman–Crippen LogP) is 3.45. The molecule has 0 amide bonds. The number of hydrogen-bond acceptors (Lipinski definition) is 1. The number of nitrogens with one attached hydrogen (secondary N) is 1. The van der Waals surface area contributed by atoms with Gasteiger partial charge in [0.05, 0.1) is 0 Å². The Labute approximate surface area is 97.1 Å². The van der Waals surface area contributed by atoms with Crippen LogP contribution in [0.2, 0.25) is 0 Å². The molecule has 0 saturated carbocycles.